The van der Waals surface area contributed by atoms with Gasteiger partial charge in [0.1, 0.15) is 5.60 Å². The largest absolute Gasteiger partial charge is 0.443 e. The van der Waals surface area contributed by atoms with Crippen molar-refractivity contribution in [3.63, 3.8) is 0 Å². The maximum Gasteiger partial charge on any atom is 0.426 e. The predicted molar refractivity (Wildman–Crippen MR) is 111 cm³/mol. The summed E-state index contributed by atoms with van der Waals surface area (Å²) in [5.41, 5.74) is 3.39. The molecule has 8 nitrogen and oxygen atoms in total. The summed E-state index contributed by atoms with van der Waals surface area (Å²) in [5, 5.41) is 3.98. The summed E-state index contributed by atoms with van der Waals surface area (Å²) in [4.78, 5) is 38.2. The van der Waals surface area contributed by atoms with Gasteiger partial charge in [-0.2, -0.15) is 0 Å². The Morgan fingerprint density at radius 3 is 2.21 bits per heavy atom. The predicted octanol–water partition coefficient (Wildman–Crippen LogP) is 3.88. The summed E-state index contributed by atoms with van der Waals surface area (Å²) in [5.74, 6) is -0.153. The first kappa shape index (κ1) is 22.5. The van der Waals surface area contributed by atoms with Gasteiger partial charge in [-0.05, 0) is 51.3 Å². The summed E-state index contributed by atoms with van der Waals surface area (Å²) >= 11 is 0. The van der Waals surface area contributed by atoms with Crippen LogP contribution >= 0.6 is 0 Å². The van der Waals surface area contributed by atoms with Crippen molar-refractivity contribution in [1.82, 2.24) is 15.3 Å². The molecular formula is C21H32N4O4. The van der Waals surface area contributed by atoms with Crippen molar-refractivity contribution >= 4 is 23.7 Å². The van der Waals surface area contributed by atoms with Crippen molar-refractivity contribution in [3.8, 4) is 0 Å². The molecule has 0 aromatic heterocycles. The maximum absolute atomic E-state index is 13.1. The van der Waals surface area contributed by atoms with Gasteiger partial charge in [-0.3, -0.25) is 4.79 Å². The molecule has 0 bridgehead atoms. The van der Waals surface area contributed by atoms with Gasteiger partial charge >= 0.3 is 12.1 Å². The van der Waals surface area contributed by atoms with E-state index in [1.54, 1.807) is 57.0 Å². The number of benzene rings is 1. The van der Waals surface area contributed by atoms with E-state index in [1.807, 2.05) is 0 Å². The Morgan fingerprint density at radius 1 is 1.10 bits per heavy atom. The van der Waals surface area contributed by atoms with Gasteiger partial charge in [0.15, 0.2) is 0 Å². The molecule has 0 radical (unpaired) electrons. The Balaban J connectivity index is 2.13. The van der Waals surface area contributed by atoms with Gasteiger partial charge in [0.25, 0.3) is 0 Å². The second kappa shape index (κ2) is 9.62. The van der Waals surface area contributed by atoms with Crippen LogP contribution in [0.25, 0.3) is 0 Å². The highest BCUT2D eigenvalue weighted by molar-refractivity contribution is 5.88. The van der Waals surface area contributed by atoms with Crippen LogP contribution in [0.2, 0.25) is 0 Å². The summed E-state index contributed by atoms with van der Waals surface area (Å²) in [6.07, 6.45) is 3.46. The number of amides is 4. The molecule has 4 amide bonds. The average Bonchev–Trinajstić information content (AvgIpc) is 3.14. The van der Waals surface area contributed by atoms with Gasteiger partial charge in [0, 0.05) is 25.7 Å². The lowest BCUT2D eigenvalue weighted by molar-refractivity contribution is -0.114. The number of hydrogen-bond acceptors (Lipinski definition) is 4. The highest BCUT2D eigenvalue weighted by atomic mass is 16.6. The van der Waals surface area contributed by atoms with E-state index >= 15 is 0 Å². The van der Waals surface area contributed by atoms with Gasteiger partial charge in [0.2, 0.25) is 5.91 Å². The highest BCUT2D eigenvalue weighted by Crippen LogP contribution is 2.23. The van der Waals surface area contributed by atoms with Gasteiger partial charge in [-0.25, -0.2) is 20.0 Å². The van der Waals surface area contributed by atoms with Crippen molar-refractivity contribution < 1.29 is 19.1 Å². The van der Waals surface area contributed by atoms with Crippen LogP contribution in [0.4, 0.5) is 15.3 Å². The first-order valence-corrected chi connectivity index (χ1v) is 9.95. The van der Waals surface area contributed by atoms with E-state index in [0.29, 0.717) is 5.69 Å². The van der Waals surface area contributed by atoms with E-state index in [0.717, 1.165) is 31.2 Å². The lowest BCUT2D eigenvalue weighted by Crippen LogP contribution is -2.53. The molecule has 0 unspecified atom stereocenters. The molecule has 2 rings (SSSR count). The summed E-state index contributed by atoms with van der Waals surface area (Å²) < 4.78 is 5.31. The van der Waals surface area contributed by atoms with E-state index in [2.05, 4.69) is 10.7 Å². The van der Waals surface area contributed by atoms with Crippen LogP contribution < -0.4 is 10.7 Å². The molecule has 1 fully saturated rings. The smallest absolute Gasteiger partial charge is 0.426 e. The van der Waals surface area contributed by atoms with Crippen molar-refractivity contribution in [2.75, 3.05) is 12.4 Å². The minimum atomic E-state index is -0.680. The number of nitrogens with one attached hydrogen (secondary N) is 2. The Hall–Kier alpha value is -2.77. The van der Waals surface area contributed by atoms with E-state index in [9.17, 15) is 14.4 Å². The number of hydrazine groups is 1. The number of rotatable bonds is 4. The van der Waals surface area contributed by atoms with Crippen molar-refractivity contribution in [2.24, 2.45) is 0 Å². The standard InChI is InChI=1S/C21H32N4O4/c1-15(26)22-17-12-10-16(11-13-17)14-25(23-19(27)29-21(2,3)4)20(28)24(5)18-8-6-7-9-18/h10-13,18H,6-9,14H2,1-5H3,(H,22,26)(H,23,27). The lowest BCUT2D eigenvalue weighted by atomic mass is 10.2. The second-order valence-electron chi connectivity index (χ2n) is 8.41. The summed E-state index contributed by atoms with van der Waals surface area (Å²) in [7, 11) is 1.77. The molecule has 1 aromatic rings. The van der Waals surface area contributed by atoms with Gasteiger partial charge < -0.3 is 15.0 Å². The molecule has 0 aliphatic heterocycles. The molecule has 0 saturated heterocycles. The van der Waals surface area contributed by atoms with E-state index < -0.39 is 11.7 Å². The number of carbonyl (C=O) groups is 3. The minimum Gasteiger partial charge on any atom is -0.443 e. The van der Waals surface area contributed by atoms with Crippen LogP contribution in [0.5, 0.6) is 0 Å². The fourth-order valence-electron chi connectivity index (χ4n) is 3.28. The third-order valence-corrected chi connectivity index (χ3v) is 4.65. The first-order valence-electron chi connectivity index (χ1n) is 9.95. The molecule has 2 N–H and O–H groups in total. The highest BCUT2D eigenvalue weighted by Gasteiger charge is 2.29. The van der Waals surface area contributed by atoms with Crippen molar-refractivity contribution in [1.29, 1.82) is 0 Å². The molecule has 1 aliphatic rings. The van der Waals surface area contributed by atoms with E-state index in [1.165, 1.54) is 11.9 Å². The molecule has 1 aliphatic carbocycles. The van der Waals surface area contributed by atoms with Crippen LogP contribution in [0.1, 0.15) is 58.9 Å². The Labute approximate surface area is 172 Å². The number of carbonyl (C=O) groups excluding carboxylic acids is 3. The minimum absolute atomic E-state index is 0.153. The first-order chi connectivity index (χ1) is 13.5. The molecule has 29 heavy (non-hydrogen) atoms. The van der Waals surface area contributed by atoms with Crippen LogP contribution in [-0.4, -0.2) is 46.6 Å². The number of urea groups is 1. The van der Waals surface area contributed by atoms with Crippen LogP contribution in [0, 0.1) is 0 Å². The quantitative estimate of drug-likeness (QED) is 0.745. The Bertz CT molecular complexity index is 721. The molecular weight excluding hydrogens is 372 g/mol. The van der Waals surface area contributed by atoms with Crippen LogP contribution in [0.3, 0.4) is 0 Å². The molecule has 8 heteroatoms. The van der Waals surface area contributed by atoms with Crippen LogP contribution in [-0.2, 0) is 16.1 Å². The van der Waals surface area contributed by atoms with Crippen molar-refractivity contribution in [3.05, 3.63) is 29.8 Å². The van der Waals surface area contributed by atoms with Gasteiger partial charge in [0.05, 0.1) is 6.54 Å². The molecule has 0 atom stereocenters. The second-order valence-corrected chi connectivity index (χ2v) is 8.41. The van der Waals surface area contributed by atoms with E-state index in [-0.39, 0.29) is 24.5 Å². The fourth-order valence-corrected chi connectivity index (χ4v) is 3.28. The Kier molecular flexibility index (Phi) is 7.47. The molecule has 1 aromatic carbocycles. The summed E-state index contributed by atoms with van der Waals surface area (Å²) in [6.45, 7) is 6.92. The SMILES string of the molecule is CC(=O)Nc1ccc(CN(NC(=O)OC(C)(C)C)C(=O)N(C)C2CCCC2)cc1. The number of anilines is 1. The fraction of sp³-hybridized carbons (Fsp3) is 0.571. The topological polar surface area (TPSA) is 91.0 Å². The monoisotopic (exact) mass is 404 g/mol. The zero-order valence-corrected chi connectivity index (χ0v) is 17.9. The number of nitrogens with zero attached hydrogens (tertiary/aromatic N) is 2. The molecule has 0 spiro atoms. The van der Waals surface area contributed by atoms with E-state index in [4.69, 9.17) is 4.74 Å². The zero-order chi connectivity index (χ0) is 21.6. The third kappa shape index (κ3) is 7.29. The molecule has 1 saturated carbocycles. The van der Waals surface area contributed by atoms with Crippen molar-refractivity contribution in [2.45, 2.75) is 71.6 Å². The lowest BCUT2D eigenvalue weighted by Gasteiger charge is -2.32. The normalized spacial score (nSPS) is 14.2. The average molecular weight is 405 g/mol. The number of ether oxygens (including phenoxy) is 1. The van der Waals surface area contributed by atoms with Gasteiger partial charge in [-0.1, -0.05) is 25.0 Å². The number of hydrogen-bond donors (Lipinski definition) is 2. The van der Waals surface area contributed by atoms with Crippen LogP contribution in [0.15, 0.2) is 24.3 Å². The van der Waals surface area contributed by atoms with Gasteiger partial charge in [-0.15, -0.1) is 0 Å². The summed E-state index contributed by atoms with van der Waals surface area (Å²) in [6, 6.07) is 7.01. The third-order valence-electron chi connectivity index (χ3n) is 4.65. The Morgan fingerprint density at radius 2 is 1.69 bits per heavy atom. The zero-order valence-electron chi connectivity index (χ0n) is 17.9. The molecule has 160 valence electrons. The maximum atomic E-state index is 13.1. The molecule has 0 heterocycles.